The fourth-order valence-corrected chi connectivity index (χ4v) is 5.21. The van der Waals surface area contributed by atoms with Crippen LogP contribution in [0.25, 0.3) is 0 Å². The van der Waals surface area contributed by atoms with Gasteiger partial charge in [0.15, 0.2) is 0 Å². The Bertz CT molecular complexity index is 594. The molecule has 1 aliphatic heterocycles. The number of hydrogen-bond acceptors (Lipinski definition) is 6. The number of sulfonamides is 1. The van der Waals surface area contributed by atoms with Crippen LogP contribution in [0.5, 0.6) is 0 Å². The van der Waals surface area contributed by atoms with Gasteiger partial charge in [0.1, 0.15) is 9.77 Å². The van der Waals surface area contributed by atoms with Gasteiger partial charge < -0.3 is 10.1 Å². The van der Waals surface area contributed by atoms with Crippen molar-refractivity contribution in [1.82, 2.24) is 10.0 Å². The second kappa shape index (κ2) is 7.55. The van der Waals surface area contributed by atoms with Crippen molar-refractivity contribution in [3.63, 3.8) is 0 Å². The summed E-state index contributed by atoms with van der Waals surface area (Å²) < 4.78 is 32.3. The van der Waals surface area contributed by atoms with Crippen LogP contribution in [-0.2, 0) is 14.8 Å². The summed E-state index contributed by atoms with van der Waals surface area (Å²) in [4.78, 5) is 11.8. The number of nitrogens with one attached hydrogen (secondary N) is 2. The van der Waals surface area contributed by atoms with E-state index in [1.165, 1.54) is 7.11 Å². The third-order valence-electron chi connectivity index (χ3n) is 3.18. The molecule has 0 spiro atoms. The van der Waals surface area contributed by atoms with E-state index >= 15 is 0 Å². The molecule has 1 atom stereocenters. The Hall–Kier alpha value is -0.670. The molecule has 0 unspecified atom stereocenters. The van der Waals surface area contributed by atoms with Crippen LogP contribution in [0.1, 0.15) is 28.1 Å². The first-order valence-electron chi connectivity index (χ1n) is 6.35. The van der Waals surface area contributed by atoms with Crippen LogP contribution < -0.4 is 10.0 Å². The summed E-state index contributed by atoms with van der Waals surface area (Å²) in [6.07, 6.45) is 1.72. The molecule has 0 aliphatic carbocycles. The monoisotopic (exact) mass is 354 g/mol. The Morgan fingerprint density at radius 3 is 2.81 bits per heavy atom. The molecular weight excluding hydrogens is 336 g/mol. The molecule has 1 aromatic rings. The summed E-state index contributed by atoms with van der Waals surface area (Å²) in [7, 11) is -2.47. The molecule has 21 heavy (non-hydrogen) atoms. The summed E-state index contributed by atoms with van der Waals surface area (Å²) in [6, 6.07) is -0.140. The first kappa shape index (κ1) is 18.4. The average Bonchev–Trinajstić information content (AvgIpc) is 2.81. The fraction of sp³-hybridized carbons (Fsp3) is 0.583. The lowest BCUT2D eigenvalue weighted by atomic mass is 10.1. The maximum Gasteiger partial charge on any atom is 0.349 e. The molecular formula is C12H19ClN2O4S2. The highest BCUT2D eigenvalue weighted by Crippen LogP contribution is 2.27. The second-order valence-corrected chi connectivity index (χ2v) is 7.26. The zero-order valence-corrected chi connectivity index (χ0v) is 14.3. The van der Waals surface area contributed by atoms with E-state index in [0.717, 1.165) is 30.7 Å². The summed E-state index contributed by atoms with van der Waals surface area (Å²) >= 11 is 1.09. The van der Waals surface area contributed by atoms with Gasteiger partial charge in [-0.2, -0.15) is 0 Å². The summed E-state index contributed by atoms with van der Waals surface area (Å²) in [6.45, 7) is 3.19. The number of aryl methyl sites for hydroxylation is 1. The van der Waals surface area contributed by atoms with Crippen molar-refractivity contribution in [3.8, 4) is 0 Å². The normalized spacial score (nSPS) is 18.9. The molecule has 0 saturated carbocycles. The number of carbonyl (C=O) groups is 1. The Labute approximate surface area is 134 Å². The first-order valence-corrected chi connectivity index (χ1v) is 8.71. The third kappa shape index (κ3) is 4.17. The molecule has 0 radical (unpaired) electrons. The summed E-state index contributed by atoms with van der Waals surface area (Å²) in [5, 5.41) is 4.80. The molecule has 1 saturated heterocycles. The van der Waals surface area contributed by atoms with Gasteiger partial charge in [-0.1, -0.05) is 0 Å². The van der Waals surface area contributed by atoms with Crippen molar-refractivity contribution in [3.05, 3.63) is 15.8 Å². The molecule has 1 aliphatic rings. The smallest absolute Gasteiger partial charge is 0.349 e. The van der Waals surface area contributed by atoms with Gasteiger partial charge in [0.2, 0.25) is 10.0 Å². The number of esters is 1. The Morgan fingerprint density at radius 1 is 1.52 bits per heavy atom. The Kier molecular flexibility index (Phi) is 6.61. The highest BCUT2D eigenvalue weighted by Gasteiger charge is 2.29. The maximum absolute atomic E-state index is 12.5. The van der Waals surface area contributed by atoms with E-state index < -0.39 is 16.0 Å². The van der Waals surface area contributed by atoms with Gasteiger partial charge in [0.25, 0.3) is 0 Å². The number of hydrogen-bond donors (Lipinski definition) is 2. The van der Waals surface area contributed by atoms with Crippen molar-refractivity contribution >= 4 is 39.7 Å². The lowest BCUT2D eigenvalue weighted by molar-refractivity contribution is 0.0602. The van der Waals surface area contributed by atoms with E-state index in [9.17, 15) is 13.2 Å². The molecule has 6 nitrogen and oxygen atoms in total. The van der Waals surface area contributed by atoms with Crippen LogP contribution in [-0.4, -0.2) is 40.6 Å². The quantitative estimate of drug-likeness (QED) is 0.796. The molecule has 2 heterocycles. The van der Waals surface area contributed by atoms with Crippen LogP contribution >= 0.6 is 23.7 Å². The zero-order valence-electron chi connectivity index (χ0n) is 11.8. The number of thiophene rings is 1. The number of halogens is 1. The molecule has 0 bridgehead atoms. The van der Waals surface area contributed by atoms with Crippen molar-refractivity contribution < 1.29 is 17.9 Å². The van der Waals surface area contributed by atoms with Gasteiger partial charge >= 0.3 is 5.97 Å². The number of methoxy groups -OCH3 is 1. The average molecular weight is 355 g/mol. The van der Waals surface area contributed by atoms with Gasteiger partial charge in [-0.3, -0.25) is 0 Å². The number of carbonyl (C=O) groups excluding carboxylic acids is 1. The largest absolute Gasteiger partial charge is 0.465 e. The zero-order chi connectivity index (χ0) is 14.8. The standard InChI is InChI=1S/C12H18N2O4S2.ClH/c1-8-7-19-10(12(15)18-2)11(8)20(16,17)14-9-4-3-5-13-6-9;/h7,9,13-14H,3-6H2,1-2H3;1H/t9-;/m1./s1. The van der Waals surface area contributed by atoms with E-state index in [1.807, 2.05) is 0 Å². The molecule has 0 amide bonds. The van der Waals surface area contributed by atoms with E-state index in [4.69, 9.17) is 0 Å². The molecule has 9 heteroatoms. The number of rotatable bonds is 4. The minimum atomic E-state index is -3.71. The molecule has 0 aromatic carbocycles. The van der Waals surface area contributed by atoms with Gasteiger partial charge in [-0.25, -0.2) is 17.9 Å². The Balaban J connectivity index is 0.00000220. The third-order valence-corrected chi connectivity index (χ3v) is 6.09. The SMILES string of the molecule is COC(=O)c1scc(C)c1S(=O)(=O)N[C@@H]1CCCNC1.Cl. The second-order valence-electron chi connectivity index (χ2n) is 4.73. The van der Waals surface area contributed by atoms with Gasteiger partial charge in [-0.15, -0.1) is 23.7 Å². The summed E-state index contributed by atoms with van der Waals surface area (Å²) in [5.74, 6) is -0.620. The summed E-state index contributed by atoms with van der Waals surface area (Å²) in [5.41, 5.74) is 0.562. The molecule has 2 N–H and O–H groups in total. The van der Waals surface area contributed by atoms with Crippen molar-refractivity contribution in [2.45, 2.75) is 30.7 Å². The van der Waals surface area contributed by atoms with E-state index in [1.54, 1.807) is 12.3 Å². The molecule has 120 valence electrons. The topological polar surface area (TPSA) is 84.5 Å². The van der Waals surface area contributed by atoms with Gasteiger partial charge in [-0.05, 0) is 37.3 Å². The highest BCUT2D eigenvalue weighted by molar-refractivity contribution is 7.89. The number of ether oxygens (including phenoxy) is 1. The van der Waals surface area contributed by atoms with Crippen LogP contribution in [0.15, 0.2) is 10.3 Å². The Morgan fingerprint density at radius 2 is 2.24 bits per heavy atom. The lowest BCUT2D eigenvalue weighted by Crippen LogP contribution is -2.45. The van der Waals surface area contributed by atoms with Crippen molar-refractivity contribution in [2.75, 3.05) is 20.2 Å². The minimum absolute atomic E-state index is 0. The van der Waals surface area contributed by atoms with Gasteiger partial charge in [0, 0.05) is 12.6 Å². The van der Waals surface area contributed by atoms with Crippen LogP contribution in [0, 0.1) is 6.92 Å². The van der Waals surface area contributed by atoms with E-state index in [0.29, 0.717) is 12.1 Å². The van der Waals surface area contributed by atoms with E-state index in [2.05, 4.69) is 14.8 Å². The fourth-order valence-electron chi connectivity index (χ4n) is 2.23. The number of piperidine rings is 1. The van der Waals surface area contributed by atoms with Crippen molar-refractivity contribution in [1.29, 1.82) is 0 Å². The molecule has 1 aromatic heterocycles. The van der Waals surface area contributed by atoms with E-state index in [-0.39, 0.29) is 28.2 Å². The molecule has 1 fully saturated rings. The first-order chi connectivity index (χ1) is 9.45. The van der Waals surface area contributed by atoms with Gasteiger partial charge in [0.05, 0.1) is 7.11 Å². The van der Waals surface area contributed by atoms with Crippen molar-refractivity contribution in [2.24, 2.45) is 0 Å². The van der Waals surface area contributed by atoms with Crippen LogP contribution in [0.3, 0.4) is 0 Å². The maximum atomic E-state index is 12.5. The minimum Gasteiger partial charge on any atom is -0.465 e. The highest BCUT2D eigenvalue weighted by atomic mass is 35.5. The predicted molar refractivity (Wildman–Crippen MR) is 83.9 cm³/mol. The molecule has 2 rings (SSSR count). The predicted octanol–water partition coefficient (Wildman–Crippen LogP) is 1.30. The van der Waals surface area contributed by atoms with Crippen LogP contribution in [0.4, 0.5) is 0 Å². The van der Waals surface area contributed by atoms with Crippen LogP contribution in [0.2, 0.25) is 0 Å². The lowest BCUT2D eigenvalue weighted by Gasteiger charge is -2.23.